The van der Waals surface area contributed by atoms with E-state index in [1.165, 1.54) is 0 Å². The van der Waals surface area contributed by atoms with E-state index in [4.69, 9.17) is 0 Å². The second-order valence-corrected chi connectivity index (χ2v) is 5.96. The molecule has 120 valence electrons. The first-order valence-electron chi connectivity index (χ1n) is 8.23. The van der Waals surface area contributed by atoms with Crippen LogP contribution < -0.4 is 4.90 Å². The first-order chi connectivity index (χ1) is 10.6. The quantitative estimate of drug-likeness (QED) is 0.810. The van der Waals surface area contributed by atoms with Crippen molar-refractivity contribution in [3.05, 3.63) is 29.8 Å². The summed E-state index contributed by atoms with van der Waals surface area (Å²) in [5.41, 5.74) is 2.00. The molecule has 0 spiro atoms. The van der Waals surface area contributed by atoms with Gasteiger partial charge in [-0.1, -0.05) is 31.5 Å². The number of nitrogens with zero attached hydrogens (tertiary/aromatic N) is 2. The lowest BCUT2D eigenvalue weighted by atomic mass is 10.1. The maximum atomic E-state index is 12.6. The SMILES string of the molecule is CCCCN(CC)C(=O)[C@@H]1CC(=O)N(c2ccccc2C)C1. The Morgan fingerprint density at radius 3 is 2.68 bits per heavy atom. The molecule has 0 aromatic heterocycles. The minimum atomic E-state index is -0.205. The smallest absolute Gasteiger partial charge is 0.228 e. The van der Waals surface area contributed by atoms with Gasteiger partial charge in [-0.05, 0) is 31.9 Å². The van der Waals surface area contributed by atoms with E-state index in [2.05, 4.69) is 6.92 Å². The summed E-state index contributed by atoms with van der Waals surface area (Å²) >= 11 is 0. The molecule has 1 aromatic carbocycles. The van der Waals surface area contributed by atoms with Gasteiger partial charge in [0, 0.05) is 31.7 Å². The molecule has 0 unspecified atom stereocenters. The summed E-state index contributed by atoms with van der Waals surface area (Å²) in [6.07, 6.45) is 2.42. The molecule has 1 aliphatic heterocycles. The van der Waals surface area contributed by atoms with E-state index in [0.29, 0.717) is 19.5 Å². The van der Waals surface area contributed by atoms with Crippen molar-refractivity contribution in [3.63, 3.8) is 0 Å². The minimum absolute atomic E-state index is 0.0548. The van der Waals surface area contributed by atoms with E-state index in [0.717, 1.165) is 30.6 Å². The summed E-state index contributed by atoms with van der Waals surface area (Å²) in [5, 5.41) is 0. The molecule has 1 saturated heterocycles. The number of hydrogen-bond acceptors (Lipinski definition) is 2. The minimum Gasteiger partial charge on any atom is -0.343 e. The molecule has 4 heteroatoms. The lowest BCUT2D eigenvalue weighted by Gasteiger charge is -2.24. The Morgan fingerprint density at radius 2 is 2.05 bits per heavy atom. The Balaban J connectivity index is 2.08. The predicted octanol–water partition coefficient (Wildman–Crippen LogP) is 3.00. The first kappa shape index (κ1) is 16.5. The van der Waals surface area contributed by atoms with Crippen LogP contribution in [0.1, 0.15) is 38.7 Å². The van der Waals surface area contributed by atoms with E-state index >= 15 is 0 Å². The number of carbonyl (C=O) groups excluding carboxylic acids is 2. The van der Waals surface area contributed by atoms with Gasteiger partial charge in [0.1, 0.15) is 0 Å². The Kier molecular flexibility index (Phi) is 5.58. The molecule has 2 rings (SSSR count). The van der Waals surface area contributed by atoms with Crippen LogP contribution >= 0.6 is 0 Å². The van der Waals surface area contributed by atoms with Gasteiger partial charge < -0.3 is 9.80 Å². The van der Waals surface area contributed by atoms with Crippen LogP contribution in [0.15, 0.2) is 24.3 Å². The molecule has 1 heterocycles. The summed E-state index contributed by atoms with van der Waals surface area (Å²) in [4.78, 5) is 28.6. The molecule has 4 nitrogen and oxygen atoms in total. The van der Waals surface area contributed by atoms with Crippen LogP contribution in [0.3, 0.4) is 0 Å². The zero-order valence-electron chi connectivity index (χ0n) is 13.8. The first-order valence-corrected chi connectivity index (χ1v) is 8.23. The van der Waals surface area contributed by atoms with Crippen molar-refractivity contribution in [3.8, 4) is 0 Å². The van der Waals surface area contributed by atoms with E-state index in [1.54, 1.807) is 4.90 Å². The molecule has 22 heavy (non-hydrogen) atoms. The summed E-state index contributed by atoms with van der Waals surface area (Å²) < 4.78 is 0. The van der Waals surface area contributed by atoms with Gasteiger partial charge in [-0.3, -0.25) is 9.59 Å². The summed E-state index contributed by atoms with van der Waals surface area (Å²) in [6, 6.07) is 7.85. The van der Waals surface area contributed by atoms with Gasteiger partial charge in [-0.25, -0.2) is 0 Å². The molecule has 1 atom stereocenters. The van der Waals surface area contributed by atoms with Crippen molar-refractivity contribution < 1.29 is 9.59 Å². The Bertz CT molecular complexity index is 542. The van der Waals surface area contributed by atoms with Crippen LogP contribution in [0.25, 0.3) is 0 Å². The third-order valence-electron chi connectivity index (χ3n) is 4.36. The van der Waals surface area contributed by atoms with Crippen LogP contribution in [0.4, 0.5) is 5.69 Å². The molecule has 0 radical (unpaired) electrons. The zero-order chi connectivity index (χ0) is 16.1. The van der Waals surface area contributed by atoms with Crippen LogP contribution in [0, 0.1) is 12.8 Å². The van der Waals surface area contributed by atoms with E-state index < -0.39 is 0 Å². The molecule has 0 bridgehead atoms. The number of anilines is 1. The third-order valence-corrected chi connectivity index (χ3v) is 4.36. The van der Waals surface area contributed by atoms with Crippen molar-refractivity contribution in [2.45, 2.75) is 40.0 Å². The maximum Gasteiger partial charge on any atom is 0.228 e. The van der Waals surface area contributed by atoms with Gasteiger partial charge >= 0.3 is 0 Å². The number of aryl methyl sites for hydroxylation is 1. The molecule has 1 aliphatic rings. The second kappa shape index (κ2) is 7.43. The van der Waals surface area contributed by atoms with Gasteiger partial charge in [0.05, 0.1) is 5.92 Å². The highest BCUT2D eigenvalue weighted by atomic mass is 16.2. The van der Waals surface area contributed by atoms with Gasteiger partial charge in [0.25, 0.3) is 0 Å². The Labute approximate surface area is 133 Å². The normalized spacial score (nSPS) is 17.9. The van der Waals surface area contributed by atoms with Gasteiger partial charge in [-0.2, -0.15) is 0 Å². The fourth-order valence-corrected chi connectivity index (χ4v) is 3.00. The number of unbranched alkanes of at least 4 members (excludes halogenated alkanes) is 1. The second-order valence-electron chi connectivity index (χ2n) is 5.96. The zero-order valence-corrected chi connectivity index (χ0v) is 13.8. The number of para-hydroxylation sites is 1. The number of amides is 2. The fourth-order valence-electron chi connectivity index (χ4n) is 3.00. The average Bonchev–Trinajstić information content (AvgIpc) is 2.90. The molecule has 1 fully saturated rings. The highest BCUT2D eigenvalue weighted by molar-refractivity contribution is 6.00. The Hall–Kier alpha value is -1.84. The van der Waals surface area contributed by atoms with E-state index in [9.17, 15) is 9.59 Å². The van der Waals surface area contributed by atoms with Crippen LogP contribution in [0.5, 0.6) is 0 Å². The highest BCUT2D eigenvalue weighted by Gasteiger charge is 2.37. The lowest BCUT2D eigenvalue weighted by Crippen LogP contribution is -2.38. The molecule has 0 N–H and O–H groups in total. The predicted molar refractivity (Wildman–Crippen MR) is 88.8 cm³/mol. The maximum absolute atomic E-state index is 12.6. The van der Waals surface area contributed by atoms with Crippen molar-refractivity contribution in [2.24, 2.45) is 5.92 Å². The van der Waals surface area contributed by atoms with Crippen molar-refractivity contribution >= 4 is 17.5 Å². The summed E-state index contributed by atoms with van der Waals surface area (Å²) in [5.74, 6) is -0.0245. The largest absolute Gasteiger partial charge is 0.343 e. The van der Waals surface area contributed by atoms with Crippen molar-refractivity contribution in [1.29, 1.82) is 0 Å². The van der Waals surface area contributed by atoms with Gasteiger partial charge in [0.15, 0.2) is 0 Å². The molecular formula is C18H26N2O2. The van der Waals surface area contributed by atoms with Crippen molar-refractivity contribution in [1.82, 2.24) is 4.90 Å². The van der Waals surface area contributed by atoms with Crippen LogP contribution in [-0.2, 0) is 9.59 Å². The number of carbonyl (C=O) groups is 2. The number of rotatable bonds is 6. The topological polar surface area (TPSA) is 40.6 Å². The van der Waals surface area contributed by atoms with Crippen molar-refractivity contribution in [2.75, 3.05) is 24.5 Å². The van der Waals surface area contributed by atoms with Gasteiger partial charge in [-0.15, -0.1) is 0 Å². The molecular weight excluding hydrogens is 276 g/mol. The lowest BCUT2D eigenvalue weighted by molar-refractivity contribution is -0.135. The standard InChI is InChI=1S/C18H26N2O2/c1-4-6-11-19(5-2)18(22)15-12-17(21)20(13-15)16-10-8-7-9-14(16)3/h7-10,15H,4-6,11-13H2,1-3H3/t15-/m1/s1. The molecule has 0 aliphatic carbocycles. The molecule has 2 amide bonds. The van der Waals surface area contributed by atoms with E-state index in [1.807, 2.05) is 43.0 Å². The molecule has 1 aromatic rings. The summed E-state index contributed by atoms with van der Waals surface area (Å²) in [6.45, 7) is 8.14. The number of benzene rings is 1. The highest BCUT2D eigenvalue weighted by Crippen LogP contribution is 2.28. The Morgan fingerprint density at radius 1 is 1.32 bits per heavy atom. The third kappa shape index (κ3) is 3.49. The molecule has 0 saturated carbocycles. The van der Waals surface area contributed by atoms with Crippen LogP contribution in [-0.4, -0.2) is 36.3 Å². The fraction of sp³-hybridized carbons (Fsp3) is 0.556. The monoisotopic (exact) mass is 302 g/mol. The van der Waals surface area contributed by atoms with E-state index in [-0.39, 0.29) is 17.7 Å². The number of hydrogen-bond donors (Lipinski definition) is 0. The average molecular weight is 302 g/mol. The van der Waals surface area contributed by atoms with Gasteiger partial charge in [0.2, 0.25) is 11.8 Å². The van der Waals surface area contributed by atoms with Crippen LogP contribution in [0.2, 0.25) is 0 Å². The summed E-state index contributed by atoms with van der Waals surface area (Å²) in [7, 11) is 0.